The van der Waals surface area contributed by atoms with E-state index >= 15 is 0 Å². The van der Waals surface area contributed by atoms with Crippen LogP contribution in [0.2, 0.25) is 0 Å². The maximum atomic E-state index is 11.8. The van der Waals surface area contributed by atoms with Crippen molar-refractivity contribution in [3.05, 3.63) is 0 Å². The molecule has 5 nitrogen and oxygen atoms in total. The zero-order chi connectivity index (χ0) is 12.9. The normalized spacial score (nSPS) is 14.4. The molecule has 0 aromatic heterocycles. The van der Waals surface area contributed by atoms with Gasteiger partial charge < -0.3 is 16.0 Å². The largest absolute Gasteiger partial charge is 0.347 e. The van der Waals surface area contributed by atoms with Crippen LogP contribution in [0.25, 0.3) is 0 Å². The first-order valence-electron chi connectivity index (χ1n) is 5.52. The first-order valence-corrected chi connectivity index (χ1v) is 5.52. The van der Waals surface area contributed by atoms with E-state index in [0.717, 1.165) is 0 Å². The fourth-order valence-electron chi connectivity index (χ4n) is 1.45. The Morgan fingerprint density at radius 3 is 2.06 bits per heavy atom. The van der Waals surface area contributed by atoms with E-state index in [0.29, 0.717) is 6.54 Å². The highest BCUT2D eigenvalue weighted by atomic mass is 16.2. The highest BCUT2D eigenvalue weighted by molar-refractivity contribution is 5.88. The molecule has 94 valence electrons. The summed E-state index contributed by atoms with van der Waals surface area (Å²) >= 11 is 0. The first kappa shape index (κ1) is 14.9. The van der Waals surface area contributed by atoms with E-state index in [1.807, 2.05) is 13.8 Å². The number of hydrogen-bond donors (Lipinski definition) is 2. The minimum Gasteiger partial charge on any atom is -0.347 e. The molecular formula is C11H23N3O2. The van der Waals surface area contributed by atoms with Crippen molar-refractivity contribution in [3.8, 4) is 0 Å². The van der Waals surface area contributed by atoms with Crippen molar-refractivity contribution in [1.82, 2.24) is 10.2 Å². The van der Waals surface area contributed by atoms with Crippen LogP contribution >= 0.6 is 0 Å². The lowest BCUT2D eigenvalue weighted by Crippen LogP contribution is -2.48. The second kappa shape index (κ2) is 6.48. The molecule has 5 heteroatoms. The van der Waals surface area contributed by atoms with Crippen molar-refractivity contribution in [2.24, 2.45) is 17.6 Å². The number of nitrogens with zero attached hydrogens (tertiary/aromatic N) is 1. The van der Waals surface area contributed by atoms with Gasteiger partial charge in [0.25, 0.3) is 0 Å². The molecule has 3 N–H and O–H groups in total. The third-order valence-corrected chi connectivity index (χ3v) is 2.57. The lowest BCUT2D eigenvalue weighted by molar-refractivity contribution is -0.135. The van der Waals surface area contributed by atoms with Crippen LogP contribution in [0.1, 0.15) is 20.8 Å². The summed E-state index contributed by atoms with van der Waals surface area (Å²) in [5.74, 6) is -0.336. The molecule has 2 atom stereocenters. The molecular weight excluding hydrogens is 206 g/mol. The Morgan fingerprint density at radius 1 is 1.25 bits per heavy atom. The Hall–Kier alpha value is -1.10. The van der Waals surface area contributed by atoms with E-state index < -0.39 is 6.04 Å². The Balaban J connectivity index is 4.38. The van der Waals surface area contributed by atoms with E-state index in [1.165, 1.54) is 4.90 Å². The van der Waals surface area contributed by atoms with Gasteiger partial charge in [0.05, 0.1) is 5.92 Å². The second-order valence-electron chi connectivity index (χ2n) is 4.55. The monoisotopic (exact) mass is 229 g/mol. The fourth-order valence-corrected chi connectivity index (χ4v) is 1.45. The third-order valence-electron chi connectivity index (χ3n) is 2.57. The van der Waals surface area contributed by atoms with E-state index in [9.17, 15) is 9.59 Å². The SMILES string of the molecule is CC(NC(=O)C(CN)C(C)C)C(=O)N(C)C. The Morgan fingerprint density at radius 2 is 1.75 bits per heavy atom. The number of amides is 2. The van der Waals surface area contributed by atoms with Crippen molar-refractivity contribution in [3.63, 3.8) is 0 Å². The van der Waals surface area contributed by atoms with E-state index in [1.54, 1.807) is 21.0 Å². The van der Waals surface area contributed by atoms with Crippen molar-refractivity contribution in [2.45, 2.75) is 26.8 Å². The van der Waals surface area contributed by atoms with E-state index in [2.05, 4.69) is 5.32 Å². The summed E-state index contributed by atoms with van der Waals surface area (Å²) in [6.07, 6.45) is 0. The minimum absolute atomic E-state index is 0.118. The predicted octanol–water partition coefficient (Wildman–Crippen LogP) is -0.190. The molecule has 0 saturated carbocycles. The molecule has 0 aliphatic rings. The van der Waals surface area contributed by atoms with Crippen LogP contribution in [0.15, 0.2) is 0 Å². The first-order chi connectivity index (χ1) is 7.31. The van der Waals surface area contributed by atoms with Crippen LogP contribution in [0, 0.1) is 11.8 Å². The molecule has 0 rings (SSSR count). The van der Waals surface area contributed by atoms with Crippen LogP contribution < -0.4 is 11.1 Å². The second-order valence-corrected chi connectivity index (χ2v) is 4.55. The smallest absolute Gasteiger partial charge is 0.244 e. The number of carbonyl (C=O) groups is 2. The zero-order valence-electron chi connectivity index (χ0n) is 10.8. The molecule has 0 heterocycles. The van der Waals surface area contributed by atoms with Crippen molar-refractivity contribution in [2.75, 3.05) is 20.6 Å². The summed E-state index contributed by atoms with van der Waals surface area (Å²) in [4.78, 5) is 24.8. The minimum atomic E-state index is -0.504. The summed E-state index contributed by atoms with van der Waals surface area (Å²) in [6.45, 7) is 5.85. The predicted molar refractivity (Wildman–Crippen MR) is 63.7 cm³/mol. The fraction of sp³-hybridized carbons (Fsp3) is 0.818. The summed E-state index contributed by atoms with van der Waals surface area (Å²) in [5.41, 5.74) is 5.53. The van der Waals surface area contributed by atoms with Crippen LogP contribution in [-0.2, 0) is 9.59 Å². The van der Waals surface area contributed by atoms with Gasteiger partial charge >= 0.3 is 0 Å². The molecule has 2 amide bonds. The molecule has 0 fully saturated rings. The van der Waals surface area contributed by atoms with Crippen molar-refractivity contribution in [1.29, 1.82) is 0 Å². The summed E-state index contributed by atoms with van der Waals surface area (Å²) in [5, 5.41) is 2.68. The van der Waals surface area contributed by atoms with Gasteiger partial charge in [0, 0.05) is 20.6 Å². The average Bonchev–Trinajstić information content (AvgIpc) is 2.16. The van der Waals surface area contributed by atoms with Gasteiger partial charge in [0.1, 0.15) is 6.04 Å². The summed E-state index contributed by atoms with van der Waals surface area (Å²) in [7, 11) is 3.32. The third kappa shape index (κ3) is 4.18. The van der Waals surface area contributed by atoms with Gasteiger partial charge in [-0.25, -0.2) is 0 Å². The molecule has 0 bridgehead atoms. The number of likely N-dealkylation sites (N-methyl/N-ethyl adjacent to an activating group) is 1. The standard InChI is InChI=1S/C11H23N3O2/c1-7(2)9(6-12)10(15)13-8(3)11(16)14(4)5/h7-9H,6,12H2,1-5H3,(H,13,15). The molecule has 0 saturated heterocycles. The number of nitrogens with two attached hydrogens (primary N) is 1. The topological polar surface area (TPSA) is 75.4 Å². The number of rotatable bonds is 5. The maximum Gasteiger partial charge on any atom is 0.244 e. The van der Waals surface area contributed by atoms with Gasteiger partial charge in [-0.05, 0) is 12.8 Å². The molecule has 0 spiro atoms. The lowest BCUT2D eigenvalue weighted by atomic mass is 9.95. The van der Waals surface area contributed by atoms with Gasteiger partial charge in [-0.3, -0.25) is 9.59 Å². The van der Waals surface area contributed by atoms with Gasteiger partial charge in [0.15, 0.2) is 0 Å². The van der Waals surface area contributed by atoms with Gasteiger partial charge in [-0.15, -0.1) is 0 Å². The quantitative estimate of drug-likeness (QED) is 0.686. The van der Waals surface area contributed by atoms with Crippen molar-refractivity contribution >= 4 is 11.8 Å². The highest BCUT2D eigenvalue weighted by Gasteiger charge is 2.24. The van der Waals surface area contributed by atoms with Gasteiger partial charge in [0.2, 0.25) is 11.8 Å². The van der Waals surface area contributed by atoms with Gasteiger partial charge in [-0.1, -0.05) is 13.8 Å². The average molecular weight is 229 g/mol. The molecule has 0 aromatic carbocycles. The van der Waals surface area contributed by atoms with Gasteiger partial charge in [-0.2, -0.15) is 0 Å². The van der Waals surface area contributed by atoms with Crippen LogP contribution in [-0.4, -0.2) is 43.4 Å². The maximum absolute atomic E-state index is 11.8. The van der Waals surface area contributed by atoms with E-state index in [-0.39, 0.29) is 23.7 Å². The number of carbonyl (C=O) groups excluding carboxylic acids is 2. The molecule has 0 aliphatic carbocycles. The molecule has 0 radical (unpaired) electrons. The molecule has 16 heavy (non-hydrogen) atoms. The number of nitrogens with one attached hydrogen (secondary N) is 1. The van der Waals surface area contributed by atoms with Crippen LogP contribution in [0.5, 0.6) is 0 Å². The zero-order valence-corrected chi connectivity index (χ0v) is 10.8. The molecule has 0 aromatic rings. The Bertz CT molecular complexity index is 252. The van der Waals surface area contributed by atoms with E-state index in [4.69, 9.17) is 5.73 Å². The molecule has 0 aliphatic heterocycles. The summed E-state index contributed by atoms with van der Waals surface area (Å²) in [6, 6.07) is -0.504. The van der Waals surface area contributed by atoms with Crippen molar-refractivity contribution < 1.29 is 9.59 Å². The Labute approximate surface area is 97.4 Å². The Kier molecular flexibility index (Phi) is 6.03. The van der Waals surface area contributed by atoms with Crippen LogP contribution in [0.4, 0.5) is 0 Å². The lowest BCUT2D eigenvalue weighted by Gasteiger charge is -2.22. The number of hydrogen-bond acceptors (Lipinski definition) is 3. The van der Waals surface area contributed by atoms with Crippen LogP contribution in [0.3, 0.4) is 0 Å². The highest BCUT2D eigenvalue weighted by Crippen LogP contribution is 2.09. The molecule has 2 unspecified atom stereocenters. The summed E-state index contributed by atoms with van der Waals surface area (Å²) < 4.78 is 0.